The number of nitro benzene ring substituents is 1. The average Bonchev–Trinajstić information content (AvgIpc) is 2.63. The first kappa shape index (κ1) is 17.4. The van der Waals surface area contributed by atoms with Crippen molar-refractivity contribution in [1.82, 2.24) is 0 Å². The molecule has 0 radical (unpaired) electrons. The first-order chi connectivity index (χ1) is 12.4. The van der Waals surface area contributed by atoms with Crippen molar-refractivity contribution in [2.24, 2.45) is 5.92 Å². The lowest BCUT2D eigenvalue weighted by molar-refractivity contribution is -0.384. The van der Waals surface area contributed by atoms with Crippen LogP contribution >= 0.6 is 0 Å². The molecule has 1 aliphatic heterocycles. The van der Waals surface area contributed by atoms with E-state index < -0.39 is 11.0 Å². The highest BCUT2D eigenvalue weighted by atomic mass is 16.6. The molecule has 7 heteroatoms. The van der Waals surface area contributed by atoms with Crippen molar-refractivity contribution < 1.29 is 14.5 Å². The molecule has 0 aromatic heterocycles. The van der Waals surface area contributed by atoms with E-state index in [4.69, 9.17) is 4.74 Å². The van der Waals surface area contributed by atoms with Crippen LogP contribution in [0.3, 0.4) is 0 Å². The van der Waals surface area contributed by atoms with E-state index in [1.807, 2.05) is 13.8 Å². The van der Waals surface area contributed by atoms with Crippen molar-refractivity contribution in [2.75, 3.05) is 4.90 Å². The first-order valence-electron chi connectivity index (χ1n) is 8.17. The van der Waals surface area contributed by atoms with Crippen molar-refractivity contribution in [2.45, 2.75) is 26.5 Å². The lowest BCUT2D eigenvalue weighted by Crippen LogP contribution is -2.48. The lowest BCUT2D eigenvalue weighted by Gasteiger charge is -2.36. The Labute approximate surface area is 150 Å². The minimum atomic E-state index is -0.737. The third kappa shape index (κ3) is 3.09. The Morgan fingerprint density at radius 2 is 2.04 bits per heavy atom. The summed E-state index contributed by atoms with van der Waals surface area (Å²) < 4.78 is 5.76. The number of benzene rings is 2. The number of anilines is 1. The molecule has 1 heterocycles. The van der Waals surface area contributed by atoms with E-state index in [1.165, 1.54) is 23.1 Å². The van der Waals surface area contributed by atoms with Gasteiger partial charge in [0.05, 0.1) is 34.9 Å². The van der Waals surface area contributed by atoms with Crippen molar-refractivity contribution in [3.63, 3.8) is 0 Å². The second kappa shape index (κ2) is 6.84. The van der Waals surface area contributed by atoms with Gasteiger partial charge in [-0.2, -0.15) is 5.26 Å². The number of nitrogens with zero attached hydrogens (tertiary/aromatic N) is 3. The molecule has 1 amide bonds. The Balaban J connectivity index is 2.07. The smallest absolute Gasteiger partial charge is 0.273 e. The monoisotopic (exact) mass is 351 g/mol. The molecule has 0 saturated heterocycles. The topological polar surface area (TPSA) is 96.5 Å². The van der Waals surface area contributed by atoms with Crippen LogP contribution in [-0.2, 0) is 11.3 Å². The van der Waals surface area contributed by atoms with Gasteiger partial charge in [-0.15, -0.1) is 0 Å². The summed E-state index contributed by atoms with van der Waals surface area (Å²) in [5.41, 5.74) is 1.55. The van der Waals surface area contributed by atoms with E-state index >= 15 is 0 Å². The summed E-state index contributed by atoms with van der Waals surface area (Å²) >= 11 is 0. The molecule has 0 fully saturated rings. The van der Waals surface area contributed by atoms with Gasteiger partial charge in [0, 0.05) is 6.07 Å². The normalized spacial score (nSPS) is 16.0. The number of carbonyl (C=O) groups excluding carboxylic acids is 1. The number of amides is 1. The fourth-order valence-corrected chi connectivity index (χ4v) is 2.92. The van der Waals surface area contributed by atoms with Crippen LogP contribution in [0.5, 0.6) is 5.75 Å². The molecule has 0 spiro atoms. The van der Waals surface area contributed by atoms with Crippen LogP contribution in [0.15, 0.2) is 42.5 Å². The summed E-state index contributed by atoms with van der Waals surface area (Å²) in [6.07, 6.45) is -0.737. The van der Waals surface area contributed by atoms with Crippen LogP contribution in [0, 0.1) is 27.4 Å². The van der Waals surface area contributed by atoms with Crippen molar-refractivity contribution >= 4 is 17.3 Å². The molecule has 1 atom stereocenters. The summed E-state index contributed by atoms with van der Waals surface area (Å²) in [4.78, 5) is 25.0. The van der Waals surface area contributed by atoms with E-state index in [-0.39, 0.29) is 24.1 Å². The van der Waals surface area contributed by atoms with Gasteiger partial charge in [-0.1, -0.05) is 32.0 Å². The number of hydrogen-bond acceptors (Lipinski definition) is 5. The number of nitriles is 1. The highest BCUT2D eigenvalue weighted by Gasteiger charge is 2.37. The largest absolute Gasteiger partial charge is 0.478 e. The Hall–Kier alpha value is -3.40. The van der Waals surface area contributed by atoms with E-state index in [0.717, 1.165) is 0 Å². The van der Waals surface area contributed by atoms with E-state index in [2.05, 4.69) is 6.07 Å². The standard InChI is InChI=1S/C19H17N3O4/c1-12(2)18-19(23)21(11-14-6-4-3-5-13(14)10-20)16-8-7-15(22(24)25)9-17(16)26-18/h3-9,12,18H,11H2,1-2H3. The van der Waals surface area contributed by atoms with E-state index in [9.17, 15) is 20.2 Å². The van der Waals surface area contributed by atoms with Crippen molar-refractivity contribution in [1.29, 1.82) is 5.26 Å². The van der Waals surface area contributed by atoms with Crippen LogP contribution in [0.1, 0.15) is 25.0 Å². The van der Waals surface area contributed by atoms with Crippen LogP contribution in [-0.4, -0.2) is 16.9 Å². The maximum atomic E-state index is 12.9. The van der Waals surface area contributed by atoms with Crippen LogP contribution < -0.4 is 9.64 Å². The van der Waals surface area contributed by atoms with Gasteiger partial charge in [0.2, 0.25) is 0 Å². The number of nitro groups is 1. The zero-order valence-corrected chi connectivity index (χ0v) is 14.4. The molecule has 26 heavy (non-hydrogen) atoms. The van der Waals surface area contributed by atoms with E-state index in [0.29, 0.717) is 22.6 Å². The van der Waals surface area contributed by atoms with Gasteiger partial charge in [0.15, 0.2) is 11.9 Å². The molecule has 0 bridgehead atoms. The molecule has 7 nitrogen and oxygen atoms in total. The van der Waals surface area contributed by atoms with Crippen LogP contribution in [0.2, 0.25) is 0 Å². The highest BCUT2D eigenvalue weighted by Crippen LogP contribution is 2.39. The number of rotatable bonds is 4. The Morgan fingerprint density at radius 3 is 2.69 bits per heavy atom. The second-order valence-electron chi connectivity index (χ2n) is 6.38. The zero-order valence-electron chi connectivity index (χ0n) is 14.4. The summed E-state index contributed by atoms with van der Waals surface area (Å²) in [6.45, 7) is 3.90. The fraction of sp³-hybridized carbons (Fsp3) is 0.263. The molecule has 1 aliphatic rings. The van der Waals surface area contributed by atoms with Gasteiger partial charge in [0.1, 0.15) is 0 Å². The Morgan fingerprint density at radius 1 is 1.31 bits per heavy atom. The summed E-state index contributed by atoms with van der Waals surface area (Å²) in [7, 11) is 0. The maximum Gasteiger partial charge on any atom is 0.273 e. The highest BCUT2D eigenvalue weighted by molar-refractivity contribution is 6.00. The molecule has 1 unspecified atom stereocenters. The Kier molecular flexibility index (Phi) is 4.59. The van der Waals surface area contributed by atoms with Crippen molar-refractivity contribution in [3.05, 3.63) is 63.7 Å². The molecule has 132 valence electrons. The van der Waals surface area contributed by atoms with Crippen LogP contribution in [0.25, 0.3) is 0 Å². The van der Waals surface area contributed by atoms with E-state index in [1.54, 1.807) is 24.3 Å². The Bertz CT molecular complexity index is 917. The first-order valence-corrected chi connectivity index (χ1v) is 8.17. The maximum absolute atomic E-state index is 12.9. The van der Waals surface area contributed by atoms with Gasteiger partial charge < -0.3 is 9.64 Å². The van der Waals surface area contributed by atoms with Gasteiger partial charge >= 0.3 is 0 Å². The summed E-state index contributed by atoms with van der Waals surface area (Å²) in [5.74, 6) is -0.0374. The number of hydrogen-bond donors (Lipinski definition) is 0. The quantitative estimate of drug-likeness (QED) is 0.621. The summed E-state index contributed by atoms with van der Waals surface area (Å²) in [5, 5.41) is 20.3. The van der Waals surface area contributed by atoms with Gasteiger partial charge in [-0.25, -0.2) is 0 Å². The number of ether oxygens (including phenoxy) is 1. The molecule has 0 aliphatic carbocycles. The predicted octanol–water partition coefficient (Wildman–Crippen LogP) is 3.42. The molecular formula is C19H17N3O4. The van der Waals surface area contributed by atoms with Gasteiger partial charge in [-0.3, -0.25) is 14.9 Å². The molecule has 3 rings (SSSR count). The average molecular weight is 351 g/mol. The molecule has 2 aromatic rings. The number of non-ortho nitro benzene ring substituents is 1. The lowest BCUT2D eigenvalue weighted by atomic mass is 10.0. The number of fused-ring (bicyclic) bond motifs is 1. The zero-order chi connectivity index (χ0) is 18.8. The fourth-order valence-electron chi connectivity index (χ4n) is 2.92. The number of carbonyl (C=O) groups is 1. The SMILES string of the molecule is CC(C)C1Oc2cc([N+](=O)[O-])ccc2N(Cc2ccccc2C#N)C1=O. The van der Waals surface area contributed by atoms with Crippen LogP contribution in [0.4, 0.5) is 11.4 Å². The third-order valence-electron chi connectivity index (χ3n) is 4.28. The van der Waals surface area contributed by atoms with Crippen molar-refractivity contribution in [3.8, 4) is 11.8 Å². The summed E-state index contributed by atoms with van der Waals surface area (Å²) in [6, 6.07) is 13.4. The predicted molar refractivity (Wildman–Crippen MR) is 94.7 cm³/mol. The molecule has 0 N–H and O–H groups in total. The minimum absolute atomic E-state index is 0.0991. The minimum Gasteiger partial charge on any atom is -0.478 e. The molecule has 2 aromatic carbocycles. The van der Waals surface area contributed by atoms with Gasteiger partial charge in [0.25, 0.3) is 11.6 Å². The molecule has 0 saturated carbocycles. The van der Waals surface area contributed by atoms with Gasteiger partial charge in [-0.05, 0) is 23.6 Å². The third-order valence-corrected chi connectivity index (χ3v) is 4.28. The molecular weight excluding hydrogens is 334 g/mol. The second-order valence-corrected chi connectivity index (χ2v) is 6.38.